The molecule has 1 atom stereocenters. The fraction of sp³-hybridized carbons (Fsp3) is 0.158. The number of carbonyl (C=O) groups is 1. The SMILES string of the molecule is CC(CNC(=O)c1ccnc2ccccc12)c1ccccc1. The van der Waals surface area contributed by atoms with Gasteiger partial charge in [-0.2, -0.15) is 0 Å². The summed E-state index contributed by atoms with van der Waals surface area (Å²) in [5.41, 5.74) is 2.74. The summed E-state index contributed by atoms with van der Waals surface area (Å²) in [5, 5.41) is 3.91. The largest absolute Gasteiger partial charge is 0.351 e. The van der Waals surface area contributed by atoms with Gasteiger partial charge >= 0.3 is 0 Å². The van der Waals surface area contributed by atoms with E-state index in [0.29, 0.717) is 12.1 Å². The Balaban J connectivity index is 1.74. The lowest BCUT2D eigenvalue weighted by Gasteiger charge is -2.13. The van der Waals surface area contributed by atoms with E-state index in [2.05, 4.69) is 29.4 Å². The molecule has 3 heteroatoms. The molecule has 110 valence electrons. The van der Waals surface area contributed by atoms with E-state index in [4.69, 9.17) is 0 Å². The van der Waals surface area contributed by atoms with E-state index in [1.54, 1.807) is 12.3 Å². The van der Waals surface area contributed by atoms with Crippen LogP contribution in [0.5, 0.6) is 0 Å². The highest BCUT2D eigenvalue weighted by molar-refractivity contribution is 6.05. The van der Waals surface area contributed by atoms with E-state index < -0.39 is 0 Å². The zero-order valence-corrected chi connectivity index (χ0v) is 12.5. The second-order valence-electron chi connectivity index (χ2n) is 5.40. The quantitative estimate of drug-likeness (QED) is 0.794. The Morgan fingerprint density at radius 2 is 1.77 bits per heavy atom. The van der Waals surface area contributed by atoms with Gasteiger partial charge in [0.2, 0.25) is 0 Å². The van der Waals surface area contributed by atoms with Crippen molar-refractivity contribution >= 4 is 16.8 Å². The number of pyridine rings is 1. The number of hydrogen-bond acceptors (Lipinski definition) is 2. The molecule has 3 rings (SSSR count). The molecule has 0 saturated carbocycles. The van der Waals surface area contributed by atoms with Crippen molar-refractivity contribution in [3.8, 4) is 0 Å². The van der Waals surface area contributed by atoms with Crippen LogP contribution in [0.2, 0.25) is 0 Å². The number of hydrogen-bond donors (Lipinski definition) is 1. The van der Waals surface area contributed by atoms with Crippen molar-refractivity contribution in [3.63, 3.8) is 0 Å². The highest BCUT2D eigenvalue weighted by Gasteiger charge is 2.12. The van der Waals surface area contributed by atoms with Crippen LogP contribution < -0.4 is 5.32 Å². The number of rotatable bonds is 4. The van der Waals surface area contributed by atoms with Crippen LogP contribution in [0.3, 0.4) is 0 Å². The lowest BCUT2D eigenvalue weighted by molar-refractivity contribution is 0.0953. The number of para-hydroxylation sites is 1. The Kier molecular flexibility index (Phi) is 4.15. The van der Waals surface area contributed by atoms with Crippen molar-refractivity contribution < 1.29 is 4.79 Å². The van der Waals surface area contributed by atoms with E-state index in [-0.39, 0.29) is 11.8 Å². The van der Waals surface area contributed by atoms with Crippen LogP contribution in [0.25, 0.3) is 10.9 Å². The lowest BCUT2D eigenvalue weighted by Crippen LogP contribution is -2.27. The van der Waals surface area contributed by atoms with Gasteiger partial charge in [-0.15, -0.1) is 0 Å². The third kappa shape index (κ3) is 2.98. The maximum Gasteiger partial charge on any atom is 0.252 e. The second-order valence-corrected chi connectivity index (χ2v) is 5.40. The van der Waals surface area contributed by atoms with E-state index in [9.17, 15) is 4.79 Å². The van der Waals surface area contributed by atoms with Gasteiger partial charge in [-0.25, -0.2) is 0 Å². The number of aromatic nitrogens is 1. The predicted octanol–water partition coefficient (Wildman–Crippen LogP) is 3.77. The maximum absolute atomic E-state index is 12.5. The summed E-state index contributed by atoms with van der Waals surface area (Å²) in [7, 11) is 0. The van der Waals surface area contributed by atoms with Crippen LogP contribution in [0, 0.1) is 0 Å². The van der Waals surface area contributed by atoms with Crippen molar-refractivity contribution in [2.45, 2.75) is 12.8 Å². The summed E-state index contributed by atoms with van der Waals surface area (Å²) >= 11 is 0. The van der Waals surface area contributed by atoms with Crippen molar-refractivity contribution in [2.75, 3.05) is 6.54 Å². The molecule has 0 bridgehead atoms. The topological polar surface area (TPSA) is 42.0 Å². The molecule has 1 aromatic heterocycles. The number of nitrogens with one attached hydrogen (secondary N) is 1. The number of amides is 1. The lowest BCUT2D eigenvalue weighted by atomic mass is 10.0. The standard InChI is InChI=1S/C19H18N2O/c1-14(15-7-3-2-4-8-15)13-21-19(22)17-11-12-20-18-10-6-5-9-16(17)18/h2-12,14H,13H2,1H3,(H,21,22). The van der Waals surface area contributed by atoms with Crippen LogP contribution in [-0.4, -0.2) is 17.4 Å². The third-order valence-corrected chi connectivity index (χ3v) is 3.83. The van der Waals surface area contributed by atoms with Gasteiger partial charge in [0.1, 0.15) is 0 Å². The molecule has 0 aliphatic heterocycles. The molecule has 0 spiro atoms. The molecule has 2 aromatic carbocycles. The molecule has 0 radical (unpaired) electrons. The Bertz CT molecular complexity index is 778. The summed E-state index contributed by atoms with van der Waals surface area (Å²) in [6, 6.07) is 19.7. The minimum atomic E-state index is -0.0543. The summed E-state index contributed by atoms with van der Waals surface area (Å²) in [5.74, 6) is 0.222. The molecular weight excluding hydrogens is 272 g/mol. The first kappa shape index (κ1) is 14.3. The molecule has 0 saturated heterocycles. The number of carbonyl (C=O) groups excluding carboxylic acids is 1. The fourth-order valence-electron chi connectivity index (χ4n) is 2.53. The smallest absolute Gasteiger partial charge is 0.252 e. The second kappa shape index (κ2) is 6.39. The summed E-state index contributed by atoms with van der Waals surface area (Å²) in [4.78, 5) is 16.7. The fourth-order valence-corrected chi connectivity index (χ4v) is 2.53. The van der Waals surface area contributed by atoms with Crippen LogP contribution in [0.1, 0.15) is 28.8 Å². The summed E-state index contributed by atoms with van der Waals surface area (Å²) < 4.78 is 0. The molecule has 22 heavy (non-hydrogen) atoms. The van der Waals surface area contributed by atoms with Crippen LogP contribution in [-0.2, 0) is 0 Å². The van der Waals surface area contributed by atoms with Crippen molar-refractivity contribution in [2.24, 2.45) is 0 Å². The molecule has 1 unspecified atom stereocenters. The molecule has 3 nitrogen and oxygen atoms in total. The van der Waals surface area contributed by atoms with Gasteiger partial charge in [-0.05, 0) is 23.6 Å². The van der Waals surface area contributed by atoms with Crippen LogP contribution in [0.4, 0.5) is 0 Å². The van der Waals surface area contributed by atoms with Crippen molar-refractivity contribution in [1.82, 2.24) is 10.3 Å². The minimum Gasteiger partial charge on any atom is -0.351 e. The van der Waals surface area contributed by atoms with Crippen LogP contribution >= 0.6 is 0 Å². The predicted molar refractivity (Wildman–Crippen MR) is 88.9 cm³/mol. The molecular formula is C19H18N2O. The van der Waals surface area contributed by atoms with Gasteiger partial charge in [0.05, 0.1) is 11.1 Å². The highest BCUT2D eigenvalue weighted by Crippen LogP contribution is 2.17. The van der Waals surface area contributed by atoms with Gasteiger partial charge < -0.3 is 5.32 Å². The van der Waals surface area contributed by atoms with Crippen molar-refractivity contribution in [3.05, 3.63) is 78.0 Å². The summed E-state index contributed by atoms with van der Waals surface area (Å²) in [6.07, 6.45) is 1.68. The monoisotopic (exact) mass is 290 g/mol. The number of nitrogens with zero attached hydrogens (tertiary/aromatic N) is 1. The minimum absolute atomic E-state index is 0.0543. The van der Waals surface area contributed by atoms with E-state index in [0.717, 1.165) is 10.9 Å². The average molecular weight is 290 g/mol. The maximum atomic E-state index is 12.5. The van der Waals surface area contributed by atoms with Gasteiger partial charge in [0.15, 0.2) is 0 Å². The van der Waals surface area contributed by atoms with E-state index >= 15 is 0 Å². The first-order valence-corrected chi connectivity index (χ1v) is 7.42. The van der Waals surface area contributed by atoms with Gasteiger partial charge in [-0.3, -0.25) is 9.78 Å². The molecule has 0 aliphatic carbocycles. The van der Waals surface area contributed by atoms with E-state index in [1.165, 1.54) is 5.56 Å². The summed E-state index contributed by atoms with van der Waals surface area (Å²) in [6.45, 7) is 2.72. The molecule has 1 amide bonds. The van der Waals surface area contributed by atoms with Gasteiger partial charge in [0.25, 0.3) is 5.91 Å². The third-order valence-electron chi connectivity index (χ3n) is 3.83. The zero-order chi connectivity index (χ0) is 15.4. The highest BCUT2D eigenvalue weighted by atomic mass is 16.1. The van der Waals surface area contributed by atoms with Gasteiger partial charge in [0, 0.05) is 18.1 Å². The Labute approximate surface area is 130 Å². The molecule has 0 aliphatic rings. The number of benzene rings is 2. The average Bonchev–Trinajstić information content (AvgIpc) is 2.59. The van der Waals surface area contributed by atoms with E-state index in [1.807, 2.05) is 42.5 Å². The van der Waals surface area contributed by atoms with Gasteiger partial charge in [-0.1, -0.05) is 55.5 Å². The first-order valence-electron chi connectivity index (χ1n) is 7.42. The molecule has 3 aromatic rings. The molecule has 0 fully saturated rings. The number of fused-ring (bicyclic) bond motifs is 1. The van der Waals surface area contributed by atoms with Crippen LogP contribution in [0.15, 0.2) is 66.9 Å². The van der Waals surface area contributed by atoms with Crippen molar-refractivity contribution in [1.29, 1.82) is 0 Å². The first-order chi connectivity index (χ1) is 10.8. The Morgan fingerprint density at radius 1 is 1.05 bits per heavy atom. The molecule has 1 N–H and O–H groups in total. The normalized spacial score (nSPS) is 12.0. The Hall–Kier alpha value is -2.68. The molecule has 1 heterocycles. The zero-order valence-electron chi connectivity index (χ0n) is 12.5. The Morgan fingerprint density at radius 3 is 2.59 bits per heavy atom.